The largest absolute Gasteiger partial charge is 0.310 e. The van der Waals surface area contributed by atoms with E-state index in [4.69, 9.17) is 0 Å². The highest BCUT2D eigenvalue weighted by atomic mass is 15.1. The minimum Gasteiger partial charge on any atom is -0.310 e. The summed E-state index contributed by atoms with van der Waals surface area (Å²) in [6.45, 7) is 0. The third-order valence-corrected chi connectivity index (χ3v) is 8.61. The van der Waals surface area contributed by atoms with E-state index in [9.17, 15) is 0 Å². The van der Waals surface area contributed by atoms with E-state index in [1.165, 1.54) is 54.9 Å². The molecule has 0 aromatic heterocycles. The van der Waals surface area contributed by atoms with Gasteiger partial charge in [0.2, 0.25) is 0 Å². The quantitative estimate of drug-likeness (QED) is 0.191. The average molecular weight is 574 g/mol. The van der Waals surface area contributed by atoms with Gasteiger partial charge in [-0.2, -0.15) is 0 Å². The van der Waals surface area contributed by atoms with Gasteiger partial charge < -0.3 is 4.90 Å². The molecular weight excluding hydrogens is 542 g/mol. The highest BCUT2D eigenvalue weighted by molar-refractivity contribution is 5.99. The van der Waals surface area contributed by atoms with Crippen LogP contribution in [0.3, 0.4) is 0 Å². The summed E-state index contributed by atoms with van der Waals surface area (Å²) < 4.78 is 0. The second-order valence-electron chi connectivity index (χ2n) is 11.4. The third kappa shape index (κ3) is 5.26. The first-order chi connectivity index (χ1) is 22.3. The summed E-state index contributed by atoms with van der Waals surface area (Å²) in [5, 5.41) is 4.98. The average Bonchev–Trinajstić information content (AvgIpc) is 3.12. The van der Waals surface area contributed by atoms with Gasteiger partial charge in [0, 0.05) is 17.1 Å². The Morgan fingerprint density at radius 2 is 0.844 bits per heavy atom. The molecule has 8 rings (SSSR count). The summed E-state index contributed by atoms with van der Waals surface area (Å²) in [7, 11) is 0. The number of para-hydroxylation sites is 1. The first-order valence-electron chi connectivity index (χ1n) is 15.4. The van der Waals surface area contributed by atoms with Crippen molar-refractivity contribution < 1.29 is 0 Å². The summed E-state index contributed by atoms with van der Waals surface area (Å²) in [6.07, 6.45) is 0. The van der Waals surface area contributed by atoms with E-state index in [1.54, 1.807) is 0 Å². The molecule has 0 atom stereocenters. The van der Waals surface area contributed by atoms with E-state index in [2.05, 4.69) is 193 Å². The molecule has 0 aliphatic heterocycles. The first-order valence-corrected chi connectivity index (χ1v) is 15.4. The summed E-state index contributed by atoms with van der Waals surface area (Å²) in [5.74, 6) is 0. The van der Waals surface area contributed by atoms with Crippen LogP contribution in [0, 0.1) is 0 Å². The van der Waals surface area contributed by atoms with Gasteiger partial charge >= 0.3 is 0 Å². The van der Waals surface area contributed by atoms with Crippen LogP contribution in [0.15, 0.2) is 188 Å². The molecule has 212 valence electrons. The Hall–Kier alpha value is -5.92. The molecule has 0 unspecified atom stereocenters. The van der Waals surface area contributed by atoms with Crippen LogP contribution in [0.5, 0.6) is 0 Å². The minimum atomic E-state index is 1.11. The maximum Gasteiger partial charge on any atom is 0.0473 e. The minimum absolute atomic E-state index is 1.11. The molecule has 0 aliphatic carbocycles. The Kier molecular flexibility index (Phi) is 6.90. The zero-order chi connectivity index (χ0) is 30.0. The van der Waals surface area contributed by atoms with Crippen molar-refractivity contribution in [2.75, 3.05) is 4.90 Å². The molecule has 0 radical (unpaired) electrons. The molecule has 8 aromatic carbocycles. The van der Waals surface area contributed by atoms with Crippen molar-refractivity contribution in [1.29, 1.82) is 0 Å². The van der Waals surface area contributed by atoms with Crippen molar-refractivity contribution in [3.63, 3.8) is 0 Å². The fraction of sp³-hybridized carbons (Fsp3) is 0. The lowest BCUT2D eigenvalue weighted by molar-refractivity contribution is 1.28. The fourth-order valence-corrected chi connectivity index (χ4v) is 6.37. The van der Waals surface area contributed by atoms with Gasteiger partial charge in [0.1, 0.15) is 0 Å². The van der Waals surface area contributed by atoms with E-state index < -0.39 is 0 Å². The topological polar surface area (TPSA) is 3.24 Å². The lowest BCUT2D eigenvalue weighted by Crippen LogP contribution is -2.10. The Morgan fingerprint density at radius 1 is 0.267 bits per heavy atom. The summed E-state index contributed by atoms with van der Waals surface area (Å²) in [6, 6.07) is 67.8. The van der Waals surface area contributed by atoms with E-state index in [0.717, 1.165) is 17.1 Å². The first kappa shape index (κ1) is 26.7. The molecule has 0 fully saturated rings. The van der Waals surface area contributed by atoms with Crippen molar-refractivity contribution in [3.05, 3.63) is 188 Å². The predicted octanol–water partition coefficient (Wildman–Crippen LogP) is 12.5. The molecular formula is C44H31N. The van der Waals surface area contributed by atoms with E-state index in [-0.39, 0.29) is 0 Å². The van der Waals surface area contributed by atoms with Gasteiger partial charge in [0.15, 0.2) is 0 Å². The number of rotatable bonds is 6. The SMILES string of the molecule is c1ccc(-c2ccc(N(c3ccccc3)c3cc(-c4ccc5ccccc5c4)cc(-c4cccc5ccccc45)c3)cc2)cc1. The van der Waals surface area contributed by atoms with E-state index >= 15 is 0 Å². The summed E-state index contributed by atoms with van der Waals surface area (Å²) in [5.41, 5.74) is 10.6. The van der Waals surface area contributed by atoms with Crippen LogP contribution in [0.2, 0.25) is 0 Å². The van der Waals surface area contributed by atoms with Gasteiger partial charge in [-0.3, -0.25) is 0 Å². The third-order valence-electron chi connectivity index (χ3n) is 8.61. The molecule has 0 saturated heterocycles. The zero-order valence-electron chi connectivity index (χ0n) is 24.8. The van der Waals surface area contributed by atoms with Gasteiger partial charge in [0.05, 0.1) is 0 Å². The number of hydrogen-bond acceptors (Lipinski definition) is 1. The number of fused-ring (bicyclic) bond motifs is 2. The van der Waals surface area contributed by atoms with Crippen molar-refractivity contribution in [3.8, 4) is 33.4 Å². The van der Waals surface area contributed by atoms with Crippen LogP contribution < -0.4 is 4.90 Å². The molecule has 0 bridgehead atoms. The molecule has 0 heterocycles. The van der Waals surface area contributed by atoms with Crippen molar-refractivity contribution in [1.82, 2.24) is 0 Å². The van der Waals surface area contributed by atoms with Gasteiger partial charge in [-0.15, -0.1) is 0 Å². The monoisotopic (exact) mass is 573 g/mol. The molecule has 45 heavy (non-hydrogen) atoms. The Morgan fingerprint density at radius 3 is 1.64 bits per heavy atom. The molecule has 8 aromatic rings. The second kappa shape index (κ2) is 11.6. The molecule has 1 heteroatoms. The number of hydrogen-bond donors (Lipinski definition) is 0. The van der Waals surface area contributed by atoms with Crippen molar-refractivity contribution in [2.45, 2.75) is 0 Å². The lowest BCUT2D eigenvalue weighted by Gasteiger charge is -2.27. The highest BCUT2D eigenvalue weighted by Crippen LogP contribution is 2.41. The van der Waals surface area contributed by atoms with Crippen LogP contribution in [-0.4, -0.2) is 0 Å². The Balaban J connectivity index is 1.35. The Labute approximate surface area is 264 Å². The van der Waals surface area contributed by atoms with Crippen LogP contribution in [-0.2, 0) is 0 Å². The van der Waals surface area contributed by atoms with Gasteiger partial charge in [-0.25, -0.2) is 0 Å². The number of nitrogens with zero attached hydrogens (tertiary/aromatic N) is 1. The molecule has 0 saturated carbocycles. The molecule has 0 spiro atoms. The predicted molar refractivity (Wildman–Crippen MR) is 192 cm³/mol. The second-order valence-corrected chi connectivity index (χ2v) is 11.4. The summed E-state index contributed by atoms with van der Waals surface area (Å²) in [4.78, 5) is 2.37. The molecule has 0 aliphatic rings. The van der Waals surface area contributed by atoms with Crippen molar-refractivity contribution in [2.24, 2.45) is 0 Å². The van der Waals surface area contributed by atoms with Gasteiger partial charge in [-0.1, -0.05) is 140 Å². The normalized spacial score (nSPS) is 11.1. The van der Waals surface area contributed by atoms with E-state index in [0.29, 0.717) is 0 Å². The molecule has 0 N–H and O–H groups in total. The maximum atomic E-state index is 2.37. The van der Waals surface area contributed by atoms with Gasteiger partial charge in [0.25, 0.3) is 0 Å². The van der Waals surface area contributed by atoms with Gasteiger partial charge in [-0.05, 0) is 103 Å². The van der Waals surface area contributed by atoms with Crippen molar-refractivity contribution >= 4 is 38.6 Å². The Bertz CT molecular complexity index is 2250. The van der Waals surface area contributed by atoms with Crippen LogP contribution in [0.1, 0.15) is 0 Å². The van der Waals surface area contributed by atoms with Crippen LogP contribution >= 0.6 is 0 Å². The molecule has 0 amide bonds. The molecule has 1 nitrogen and oxygen atoms in total. The van der Waals surface area contributed by atoms with Crippen LogP contribution in [0.25, 0.3) is 54.9 Å². The highest BCUT2D eigenvalue weighted by Gasteiger charge is 2.17. The fourth-order valence-electron chi connectivity index (χ4n) is 6.37. The number of benzene rings is 8. The lowest BCUT2D eigenvalue weighted by atomic mass is 9.93. The van der Waals surface area contributed by atoms with E-state index in [1.807, 2.05) is 0 Å². The number of anilines is 3. The summed E-state index contributed by atoms with van der Waals surface area (Å²) >= 11 is 0. The van der Waals surface area contributed by atoms with Crippen LogP contribution in [0.4, 0.5) is 17.1 Å². The zero-order valence-corrected chi connectivity index (χ0v) is 24.8. The smallest absolute Gasteiger partial charge is 0.0473 e. The standard InChI is InChI=1S/C44H31N/c1-3-12-32(13-4-1)34-24-26-41(27-25-34)45(40-18-5-2-6-19-40)42-30-38(37-23-22-33-14-7-8-16-36(33)28-37)29-39(31-42)44-21-11-17-35-15-9-10-20-43(35)44/h1-31H. The maximum absolute atomic E-state index is 2.37.